The second-order valence-corrected chi connectivity index (χ2v) is 7.14. The van der Waals surface area contributed by atoms with E-state index in [4.69, 9.17) is 5.73 Å². The molecule has 1 amide bonds. The fraction of sp³-hybridized carbons (Fsp3) is 0.917. The molecule has 0 aromatic rings. The number of amides is 1. The third kappa shape index (κ3) is 6.88. The van der Waals surface area contributed by atoms with Crippen molar-refractivity contribution in [1.82, 2.24) is 10.0 Å². The lowest BCUT2D eigenvalue weighted by molar-refractivity contribution is -0.123. The van der Waals surface area contributed by atoms with Crippen molar-refractivity contribution in [2.45, 2.75) is 51.1 Å². The molecule has 0 heterocycles. The second-order valence-electron chi connectivity index (χ2n) is 5.36. The summed E-state index contributed by atoms with van der Waals surface area (Å²) in [6.07, 6.45) is 6.79. The van der Waals surface area contributed by atoms with Crippen molar-refractivity contribution >= 4 is 28.3 Å². The molecule has 2 atom stereocenters. The smallest absolute Gasteiger partial charge is 0.238 e. The molecule has 0 radical (unpaired) electrons. The molecule has 2 unspecified atom stereocenters. The summed E-state index contributed by atoms with van der Waals surface area (Å²) in [7, 11) is -3.38. The summed E-state index contributed by atoms with van der Waals surface area (Å²) >= 11 is 0. The summed E-state index contributed by atoms with van der Waals surface area (Å²) in [4.78, 5) is 11.9. The Kier molecular flexibility index (Phi) is 8.65. The molecule has 1 aliphatic rings. The summed E-state index contributed by atoms with van der Waals surface area (Å²) in [6.45, 7) is 1.92. The summed E-state index contributed by atoms with van der Waals surface area (Å²) < 4.78 is 24.4. The maximum atomic E-state index is 11.9. The van der Waals surface area contributed by atoms with Gasteiger partial charge < -0.3 is 11.1 Å². The van der Waals surface area contributed by atoms with Gasteiger partial charge in [0.25, 0.3) is 0 Å². The molecule has 0 aromatic heterocycles. The summed E-state index contributed by atoms with van der Waals surface area (Å²) in [5.74, 6) is 0.0968. The molecule has 8 heteroatoms. The monoisotopic (exact) mass is 327 g/mol. The van der Waals surface area contributed by atoms with Gasteiger partial charge in [-0.25, -0.2) is 13.1 Å². The zero-order chi connectivity index (χ0) is 14.5. The first-order chi connectivity index (χ1) is 8.83. The van der Waals surface area contributed by atoms with E-state index in [2.05, 4.69) is 10.0 Å². The van der Waals surface area contributed by atoms with E-state index >= 15 is 0 Å². The van der Waals surface area contributed by atoms with Gasteiger partial charge in [-0.1, -0.05) is 19.3 Å². The Balaban J connectivity index is 0.00000361. The van der Waals surface area contributed by atoms with Crippen molar-refractivity contribution in [3.63, 3.8) is 0 Å². The van der Waals surface area contributed by atoms with Gasteiger partial charge in [-0.3, -0.25) is 4.79 Å². The van der Waals surface area contributed by atoms with E-state index in [1.165, 1.54) is 26.2 Å². The fourth-order valence-corrected chi connectivity index (χ4v) is 3.34. The molecule has 0 spiro atoms. The number of sulfonamides is 1. The lowest BCUT2D eigenvalue weighted by Crippen LogP contribution is -2.52. The van der Waals surface area contributed by atoms with Crippen molar-refractivity contribution < 1.29 is 13.2 Å². The molecule has 0 saturated heterocycles. The zero-order valence-electron chi connectivity index (χ0n) is 12.1. The van der Waals surface area contributed by atoms with Crippen molar-refractivity contribution in [1.29, 1.82) is 0 Å². The Morgan fingerprint density at radius 3 is 2.30 bits per heavy atom. The number of rotatable bonds is 6. The molecule has 0 bridgehead atoms. The van der Waals surface area contributed by atoms with Crippen LogP contribution in [0.3, 0.4) is 0 Å². The van der Waals surface area contributed by atoms with Crippen molar-refractivity contribution in [2.75, 3.05) is 12.8 Å². The lowest BCUT2D eigenvalue weighted by atomic mass is 9.84. The molecule has 1 aliphatic carbocycles. The Hall–Kier alpha value is -0.370. The topological polar surface area (TPSA) is 101 Å². The molecule has 6 nitrogen and oxygen atoms in total. The van der Waals surface area contributed by atoms with Gasteiger partial charge in [0.2, 0.25) is 15.9 Å². The molecule has 20 heavy (non-hydrogen) atoms. The number of nitrogens with one attached hydrogen (secondary N) is 2. The predicted octanol–water partition coefficient (Wildman–Crippen LogP) is 0.370. The van der Waals surface area contributed by atoms with Crippen LogP contribution in [0.1, 0.15) is 39.0 Å². The number of halogens is 1. The first kappa shape index (κ1) is 19.6. The SMILES string of the molecule is CC(NS(C)(=O)=O)C(=O)NC(CN)C1CCCCC1.Cl. The van der Waals surface area contributed by atoms with Gasteiger partial charge in [0.05, 0.1) is 12.3 Å². The lowest BCUT2D eigenvalue weighted by Gasteiger charge is -2.30. The van der Waals surface area contributed by atoms with Gasteiger partial charge in [-0.05, 0) is 25.7 Å². The molecule has 1 fully saturated rings. The van der Waals surface area contributed by atoms with Crippen LogP contribution in [0, 0.1) is 5.92 Å². The van der Waals surface area contributed by atoms with E-state index in [1.54, 1.807) is 0 Å². The van der Waals surface area contributed by atoms with Crippen LogP contribution >= 0.6 is 12.4 Å². The minimum Gasteiger partial charge on any atom is -0.350 e. The molecule has 120 valence electrons. The van der Waals surface area contributed by atoms with Crippen LogP contribution in [-0.2, 0) is 14.8 Å². The highest BCUT2D eigenvalue weighted by atomic mass is 35.5. The number of hydrogen-bond acceptors (Lipinski definition) is 4. The molecule has 1 rings (SSSR count). The quantitative estimate of drug-likeness (QED) is 0.656. The van der Waals surface area contributed by atoms with Gasteiger partial charge >= 0.3 is 0 Å². The summed E-state index contributed by atoms with van der Waals surface area (Å²) in [5.41, 5.74) is 5.73. The number of carbonyl (C=O) groups is 1. The van der Waals surface area contributed by atoms with Crippen LogP contribution in [0.5, 0.6) is 0 Å². The molecule has 4 N–H and O–H groups in total. The molecular weight excluding hydrogens is 302 g/mol. The van der Waals surface area contributed by atoms with Gasteiger partial charge in [-0.15, -0.1) is 12.4 Å². The Labute approximate surface area is 127 Å². The van der Waals surface area contributed by atoms with Crippen molar-refractivity contribution in [3.05, 3.63) is 0 Å². The number of carbonyl (C=O) groups excluding carboxylic acids is 1. The normalized spacial score (nSPS) is 19.8. The average molecular weight is 328 g/mol. The molecule has 0 aliphatic heterocycles. The van der Waals surface area contributed by atoms with Gasteiger partial charge in [-0.2, -0.15) is 0 Å². The van der Waals surface area contributed by atoms with Crippen LogP contribution in [0.15, 0.2) is 0 Å². The fourth-order valence-electron chi connectivity index (χ4n) is 2.59. The Bertz CT molecular complexity index is 397. The van der Waals surface area contributed by atoms with E-state index in [0.29, 0.717) is 12.5 Å². The third-order valence-electron chi connectivity index (χ3n) is 3.58. The van der Waals surface area contributed by atoms with E-state index < -0.39 is 16.1 Å². The maximum Gasteiger partial charge on any atom is 0.238 e. The number of hydrogen-bond donors (Lipinski definition) is 3. The van der Waals surface area contributed by atoms with Gasteiger partial charge in [0.1, 0.15) is 0 Å². The Morgan fingerprint density at radius 2 is 1.85 bits per heavy atom. The Morgan fingerprint density at radius 1 is 1.30 bits per heavy atom. The van der Waals surface area contributed by atoms with Crippen molar-refractivity contribution in [2.24, 2.45) is 11.7 Å². The first-order valence-electron chi connectivity index (χ1n) is 6.81. The van der Waals surface area contributed by atoms with Crippen LogP contribution in [-0.4, -0.2) is 39.2 Å². The first-order valence-corrected chi connectivity index (χ1v) is 8.70. The molecular formula is C12H26ClN3O3S. The summed E-state index contributed by atoms with van der Waals surface area (Å²) in [6, 6.07) is -0.829. The van der Waals surface area contributed by atoms with Crippen LogP contribution in [0.2, 0.25) is 0 Å². The van der Waals surface area contributed by atoms with E-state index in [9.17, 15) is 13.2 Å². The highest BCUT2D eigenvalue weighted by Gasteiger charge is 2.26. The molecule has 1 saturated carbocycles. The maximum absolute atomic E-state index is 11.9. The van der Waals surface area contributed by atoms with Gasteiger partial charge in [0, 0.05) is 12.6 Å². The minimum atomic E-state index is -3.38. The third-order valence-corrected chi connectivity index (χ3v) is 4.37. The van der Waals surface area contributed by atoms with E-state index in [1.807, 2.05) is 0 Å². The summed E-state index contributed by atoms with van der Waals surface area (Å²) in [5, 5.41) is 2.87. The van der Waals surface area contributed by atoms with Crippen LogP contribution in [0.4, 0.5) is 0 Å². The van der Waals surface area contributed by atoms with Crippen LogP contribution in [0.25, 0.3) is 0 Å². The highest BCUT2D eigenvalue weighted by molar-refractivity contribution is 7.88. The molecule has 0 aromatic carbocycles. The predicted molar refractivity (Wildman–Crippen MR) is 82.2 cm³/mol. The minimum absolute atomic E-state index is 0. The van der Waals surface area contributed by atoms with Gasteiger partial charge in [0.15, 0.2) is 0 Å². The zero-order valence-corrected chi connectivity index (χ0v) is 13.7. The largest absolute Gasteiger partial charge is 0.350 e. The second kappa shape index (κ2) is 8.81. The van der Waals surface area contributed by atoms with E-state index in [0.717, 1.165) is 19.1 Å². The highest BCUT2D eigenvalue weighted by Crippen LogP contribution is 2.26. The number of nitrogens with two attached hydrogens (primary N) is 1. The van der Waals surface area contributed by atoms with Crippen molar-refractivity contribution in [3.8, 4) is 0 Å². The average Bonchev–Trinajstić information content (AvgIpc) is 2.34. The van der Waals surface area contributed by atoms with Crippen LogP contribution < -0.4 is 15.8 Å². The van der Waals surface area contributed by atoms with E-state index in [-0.39, 0.29) is 24.4 Å². The standard InChI is InChI=1S/C12H25N3O3S.ClH/c1-9(15-19(2,17)18)12(16)14-11(8-13)10-6-4-3-5-7-10;/h9-11,15H,3-8,13H2,1-2H3,(H,14,16);1H.